The maximum atomic E-state index is 13.1. The van der Waals surface area contributed by atoms with Crippen LogP contribution >= 0.6 is 0 Å². The molecule has 17 heavy (non-hydrogen) atoms. The summed E-state index contributed by atoms with van der Waals surface area (Å²) in [7, 11) is 1.35. The minimum Gasteiger partial charge on any atom is -0.497 e. The molecule has 0 radical (unpaired) electrons. The van der Waals surface area contributed by atoms with Crippen molar-refractivity contribution >= 4 is 5.91 Å². The minimum atomic E-state index is -1.40. The van der Waals surface area contributed by atoms with Crippen LogP contribution in [0.2, 0.25) is 0 Å². The Morgan fingerprint density at radius 1 is 1.47 bits per heavy atom. The predicted molar refractivity (Wildman–Crippen MR) is 57.7 cm³/mol. The van der Waals surface area contributed by atoms with Gasteiger partial charge in [0.1, 0.15) is 17.7 Å². The van der Waals surface area contributed by atoms with Gasteiger partial charge in [0.15, 0.2) is 0 Å². The van der Waals surface area contributed by atoms with Crippen molar-refractivity contribution in [2.45, 2.75) is 18.6 Å². The van der Waals surface area contributed by atoms with Gasteiger partial charge in [-0.15, -0.1) is 0 Å². The molecule has 0 heterocycles. The van der Waals surface area contributed by atoms with Crippen molar-refractivity contribution in [1.29, 1.82) is 0 Å². The van der Waals surface area contributed by atoms with Gasteiger partial charge in [-0.1, -0.05) is 0 Å². The Balaban J connectivity index is 2.91. The van der Waals surface area contributed by atoms with E-state index in [1.807, 2.05) is 0 Å². The summed E-state index contributed by atoms with van der Waals surface area (Å²) in [6.45, 7) is 0. The van der Waals surface area contributed by atoms with E-state index in [-0.39, 0.29) is 11.3 Å². The van der Waals surface area contributed by atoms with E-state index in [0.717, 1.165) is 12.1 Å². The molecule has 0 saturated heterocycles. The first kappa shape index (κ1) is 13.4. The van der Waals surface area contributed by atoms with E-state index < -0.39 is 30.4 Å². The highest BCUT2D eigenvalue weighted by atomic mass is 19.1. The third-order valence-corrected chi connectivity index (χ3v) is 2.25. The second kappa shape index (κ2) is 5.60. The highest BCUT2D eigenvalue weighted by molar-refractivity contribution is 5.74. The number of benzene rings is 1. The van der Waals surface area contributed by atoms with Gasteiger partial charge in [0.05, 0.1) is 19.6 Å². The lowest BCUT2D eigenvalue weighted by atomic mass is 10.0. The van der Waals surface area contributed by atoms with Crippen LogP contribution in [-0.2, 0) is 4.79 Å². The first-order valence-corrected chi connectivity index (χ1v) is 4.93. The molecule has 0 aliphatic heterocycles. The molecule has 0 saturated carbocycles. The van der Waals surface area contributed by atoms with Crippen molar-refractivity contribution in [3.8, 4) is 5.75 Å². The van der Waals surface area contributed by atoms with Crippen LogP contribution in [0, 0.1) is 5.82 Å². The Kier molecular flexibility index (Phi) is 4.42. The zero-order valence-corrected chi connectivity index (χ0v) is 9.26. The number of amides is 1. The molecule has 1 aromatic carbocycles. The van der Waals surface area contributed by atoms with Crippen LogP contribution in [-0.4, -0.2) is 29.3 Å². The average molecular weight is 243 g/mol. The Hall–Kier alpha value is -1.66. The van der Waals surface area contributed by atoms with Gasteiger partial charge in [0.25, 0.3) is 0 Å². The molecule has 2 unspecified atom stereocenters. The summed E-state index contributed by atoms with van der Waals surface area (Å²) >= 11 is 0. The quantitative estimate of drug-likeness (QED) is 0.684. The molecule has 4 N–H and O–H groups in total. The van der Waals surface area contributed by atoms with Gasteiger partial charge < -0.3 is 20.7 Å². The maximum absolute atomic E-state index is 13.1. The van der Waals surface area contributed by atoms with Crippen LogP contribution in [0.3, 0.4) is 0 Å². The van der Waals surface area contributed by atoms with E-state index in [1.54, 1.807) is 0 Å². The zero-order chi connectivity index (χ0) is 13.0. The topological polar surface area (TPSA) is 92.8 Å². The van der Waals surface area contributed by atoms with E-state index in [4.69, 9.17) is 10.5 Å². The lowest BCUT2D eigenvalue weighted by Gasteiger charge is -2.17. The number of primary amides is 1. The maximum Gasteiger partial charge on any atom is 0.220 e. The number of hydrogen-bond donors (Lipinski definition) is 3. The molecule has 0 aliphatic carbocycles. The van der Waals surface area contributed by atoms with Crippen molar-refractivity contribution in [2.75, 3.05) is 7.11 Å². The van der Waals surface area contributed by atoms with E-state index in [0.29, 0.717) is 0 Å². The van der Waals surface area contributed by atoms with Gasteiger partial charge >= 0.3 is 0 Å². The number of aliphatic hydroxyl groups excluding tert-OH is 2. The van der Waals surface area contributed by atoms with Crippen LogP contribution in [0.1, 0.15) is 18.1 Å². The number of ether oxygens (including phenoxy) is 1. The van der Waals surface area contributed by atoms with Crippen LogP contribution < -0.4 is 10.5 Å². The van der Waals surface area contributed by atoms with Crippen LogP contribution in [0.25, 0.3) is 0 Å². The summed E-state index contributed by atoms with van der Waals surface area (Å²) < 4.78 is 18.0. The van der Waals surface area contributed by atoms with Crippen molar-refractivity contribution in [3.63, 3.8) is 0 Å². The smallest absolute Gasteiger partial charge is 0.220 e. The van der Waals surface area contributed by atoms with Gasteiger partial charge in [-0.2, -0.15) is 0 Å². The van der Waals surface area contributed by atoms with E-state index in [1.165, 1.54) is 13.2 Å². The van der Waals surface area contributed by atoms with Crippen molar-refractivity contribution < 1.29 is 24.1 Å². The number of halogens is 1. The van der Waals surface area contributed by atoms with Crippen molar-refractivity contribution in [1.82, 2.24) is 0 Å². The highest BCUT2D eigenvalue weighted by Gasteiger charge is 2.21. The normalized spacial score (nSPS) is 14.1. The second-order valence-electron chi connectivity index (χ2n) is 3.61. The van der Waals surface area contributed by atoms with Gasteiger partial charge in [-0.05, 0) is 17.7 Å². The number of rotatable bonds is 5. The van der Waals surface area contributed by atoms with E-state index in [9.17, 15) is 19.4 Å². The predicted octanol–water partition coefficient (Wildman–Crippen LogP) is 0.104. The molecule has 1 amide bonds. The molecule has 0 spiro atoms. The number of carbonyl (C=O) groups is 1. The highest BCUT2D eigenvalue weighted by Crippen LogP contribution is 2.24. The summed E-state index contributed by atoms with van der Waals surface area (Å²) in [5.41, 5.74) is 5.01. The molecule has 0 aromatic heterocycles. The molecule has 0 fully saturated rings. The monoisotopic (exact) mass is 243 g/mol. The average Bonchev–Trinajstić information content (AvgIpc) is 2.26. The number of methoxy groups -OCH3 is 1. The van der Waals surface area contributed by atoms with E-state index in [2.05, 4.69) is 0 Å². The Labute approximate surface area is 97.6 Å². The third-order valence-electron chi connectivity index (χ3n) is 2.25. The molecular formula is C11H14FNO4. The fourth-order valence-corrected chi connectivity index (χ4v) is 1.41. The number of aliphatic hydroxyl groups is 2. The molecule has 5 nitrogen and oxygen atoms in total. The van der Waals surface area contributed by atoms with Gasteiger partial charge in [-0.25, -0.2) is 4.39 Å². The molecule has 94 valence electrons. The Bertz CT molecular complexity index is 410. The molecule has 6 heteroatoms. The lowest BCUT2D eigenvalue weighted by molar-refractivity contribution is -0.121. The Morgan fingerprint density at radius 2 is 2.12 bits per heavy atom. The largest absolute Gasteiger partial charge is 0.497 e. The molecule has 1 aromatic rings. The fraction of sp³-hybridized carbons (Fsp3) is 0.364. The van der Waals surface area contributed by atoms with Gasteiger partial charge in [-0.3, -0.25) is 4.79 Å². The molecule has 0 bridgehead atoms. The summed E-state index contributed by atoms with van der Waals surface area (Å²) in [6.07, 6.45) is -3.17. The van der Waals surface area contributed by atoms with E-state index >= 15 is 0 Å². The first-order chi connectivity index (χ1) is 7.93. The minimum absolute atomic E-state index is 0.121. The molecule has 2 atom stereocenters. The van der Waals surface area contributed by atoms with Crippen LogP contribution in [0.5, 0.6) is 5.75 Å². The summed E-state index contributed by atoms with van der Waals surface area (Å²) in [6, 6.07) is 3.56. The SMILES string of the molecule is COc1cc(F)cc(C(O)C(O)CC(N)=O)c1. The Morgan fingerprint density at radius 3 is 2.65 bits per heavy atom. The third kappa shape index (κ3) is 3.69. The molecule has 1 rings (SSSR count). The van der Waals surface area contributed by atoms with Gasteiger partial charge in [0, 0.05) is 6.07 Å². The lowest BCUT2D eigenvalue weighted by Crippen LogP contribution is -2.25. The summed E-state index contributed by atoms with van der Waals surface area (Å²) in [5.74, 6) is -1.14. The first-order valence-electron chi connectivity index (χ1n) is 4.93. The second-order valence-corrected chi connectivity index (χ2v) is 3.61. The van der Waals surface area contributed by atoms with Crippen LogP contribution in [0.15, 0.2) is 18.2 Å². The van der Waals surface area contributed by atoms with Crippen molar-refractivity contribution in [2.24, 2.45) is 5.73 Å². The number of hydrogen-bond acceptors (Lipinski definition) is 4. The number of nitrogens with two attached hydrogens (primary N) is 1. The number of carbonyl (C=O) groups excluding carboxylic acids is 1. The zero-order valence-electron chi connectivity index (χ0n) is 9.26. The summed E-state index contributed by atoms with van der Waals surface area (Å²) in [4.78, 5) is 10.6. The van der Waals surface area contributed by atoms with Gasteiger partial charge in [0.2, 0.25) is 5.91 Å². The molecular weight excluding hydrogens is 229 g/mol. The summed E-state index contributed by atoms with van der Waals surface area (Å²) in [5, 5.41) is 19.2. The van der Waals surface area contributed by atoms with Crippen molar-refractivity contribution in [3.05, 3.63) is 29.6 Å². The molecule has 0 aliphatic rings. The van der Waals surface area contributed by atoms with Crippen LogP contribution in [0.4, 0.5) is 4.39 Å². The fourth-order valence-electron chi connectivity index (χ4n) is 1.41. The standard InChI is InChI=1S/C11H14FNO4/c1-17-8-3-6(2-7(12)4-8)11(16)9(14)5-10(13)15/h2-4,9,11,14,16H,5H2,1H3,(H2,13,15).